The minimum Gasteiger partial charge on any atom is -0.478 e. The summed E-state index contributed by atoms with van der Waals surface area (Å²) in [6.07, 6.45) is 4.10. The van der Waals surface area contributed by atoms with E-state index in [1.807, 2.05) is 6.92 Å². The van der Waals surface area contributed by atoms with E-state index in [-0.39, 0.29) is 6.54 Å². The van der Waals surface area contributed by atoms with E-state index in [0.717, 1.165) is 11.8 Å². The van der Waals surface area contributed by atoms with Crippen molar-refractivity contribution in [2.75, 3.05) is 0 Å². The number of rotatable bonds is 5. The van der Waals surface area contributed by atoms with Gasteiger partial charge in [-0.05, 0) is 24.1 Å². The summed E-state index contributed by atoms with van der Waals surface area (Å²) in [5.41, 5.74) is 1.18. The van der Waals surface area contributed by atoms with E-state index in [0.29, 0.717) is 5.56 Å². The molecular weight excluding hydrogens is 284 g/mol. The first-order chi connectivity index (χ1) is 9.42. The second-order valence-electron chi connectivity index (χ2n) is 4.04. The predicted octanol–water partition coefficient (Wildman–Crippen LogP) is 0.290. The van der Waals surface area contributed by atoms with Gasteiger partial charge in [0.25, 0.3) is 10.0 Å². The van der Waals surface area contributed by atoms with Crippen molar-refractivity contribution < 1.29 is 18.3 Å². The van der Waals surface area contributed by atoms with Crippen LogP contribution in [0.2, 0.25) is 0 Å². The molecule has 2 aromatic heterocycles. The van der Waals surface area contributed by atoms with Crippen LogP contribution < -0.4 is 4.72 Å². The highest BCUT2D eigenvalue weighted by atomic mass is 32.2. The Balaban J connectivity index is 2.22. The van der Waals surface area contributed by atoms with E-state index in [1.165, 1.54) is 0 Å². The minimum atomic E-state index is -3.98. The fourth-order valence-corrected chi connectivity index (χ4v) is 2.65. The first-order valence-corrected chi connectivity index (χ1v) is 7.06. The lowest BCUT2D eigenvalue weighted by Crippen LogP contribution is -2.25. The Hall–Kier alpha value is -2.26. The Morgan fingerprint density at radius 2 is 2.20 bits per heavy atom. The fourth-order valence-electron chi connectivity index (χ4n) is 1.56. The maximum Gasteiger partial charge on any atom is 0.340 e. The van der Waals surface area contributed by atoms with E-state index in [2.05, 4.69) is 19.9 Å². The van der Waals surface area contributed by atoms with E-state index >= 15 is 0 Å². The van der Waals surface area contributed by atoms with Crippen LogP contribution in [0, 0.1) is 6.92 Å². The number of carboxylic acids is 1. The van der Waals surface area contributed by atoms with Crippen LogP contribution in [-0.2, 0) is 16.6 Å². The highest BCUT2D eigenvalue weighted by Gasteiger charge is 2.24. The number of nitrogens with one attached hydrogen (secondary N) is 2. The molecule has 0 radical (unpaired) electrons. The summed E-state index contributed by atoms with van der Waals surface area (Å²) in [7, 11) is -3.98. The largest absolute Gasteiger partial charge is 0.478 e. The van der Waals surface area contributed by atoms with Crippen molar-refractivity contribution in [2.24, 2.45) is 0 Å². The Bertz CT molecular complexity index is 738. The van der Waals surface area contributed by atoms with Gasteiger partial charge in [-0.25, -0.2) is 17.9 Å². The second-order valence-corrected chi connectivity index (χ2v) is 5.75. The molecule has 0 aromatic carbocycles. The van der Waals surface area contributed by atoms with Crippen molar-refractivity contribution in [2.45, 2.75) is 18.5 Å². The van der Waals surface area contributed by atoms with Crippen LogP contribution in [0.4, 0.5) is 0 Å². The fraction of sp³-hybridized carbons (Fsp3) is 0.182. The van der Waals surface area contributed by atoms with Crippen molar-refractivity contribution >= 4 is 16.0 Å². The summed E-state index contributed by atoms with van der Waals surface area (Å²) < 4.78 is 26.4. The quantitative estimate of drug-likeness (QED) is 0.728. The highest BCUT2D eigenvalue weighted by molar-refractivity contribution is 7.89. The van der Waals surface area contributed by atoms with Crippen LogP contribution in [0.25, 0.3) is 0 Å². The van der Waals surface area contributed by atoms with Gasteiger partial charge in [-0.1, -0.05) is 0 Å². The Morgan fingerprint density at radius 1 is 1.45 bits per heavy atom. The SMILES string of the molecule is Cc1ccncc1CNS(=O)(=O)c1[nH]ncc1C(=O)O. The van der Waals surface area contributed by atoms with Crippen molar-refractivity contribution in [1.82, 2.24) is 19.9 Å². The van der Waals surface area contributed by atoms with Gasteiger partial charge in [0, 0.05) is 18.9 Å². The van der Waals surface area contributed by atoms with Crippen LogP contribution in [0.1, 0.15) is 21.5 Å². The van der Waals surface area contributed by atoms with Gasteiger partial charge >= 0.3 is 5.97 Å². The molecule has 0 unspecified atom stereocenters. The molecule has 2 aromatic rings. The lowest BCUT2D eigenvalue weighted by molar-refractivity contribution is 0.0692. The molecule has 2 heterocycles. The molecule has 20 heavy (non-hydrogen) atoms. The zero-order chi connectivity index (χ0) is 14.8. The molecular formula is C11H12N4O4S. The average molecular weight is 296 g/mol. The Morgan fingerprint density at radius 3 is 2.85 bits per heavy atom. The Kier molecular flexibility index (Phi) is 3.81. The molecule has 106 valence electrons. The number of aromatic nitrogens is 3. The minimum absolute atomic E-state index is 0.0140. The topological polar surface area (TPSA) is 125 Å². The molecule has 0 fully saturated rings. The summed E-state index contributed by atoms with van der Waals surface area (Å²) in [5, 5.41) is 14.0. The van der Waals surface area contributed by atoms with Gasteiger partial charge in [0.05, 0.1) is 6.20 Å². The van der Waals surface area contributed by atoms with Gasteiger partial charge in [0.1, 0.15) is 5.56 Å². The number of carbonyl (C=O) groups is 1. The number of carboxylic acid groups (broad SMARTS) is 1. The molecule has 0 saturated carbocycles. The zero-order valence-corrected chi connectivity index (χ0v) is 11.3. The van der Waals surface area contributed by atoms with Crippen LogP contribution in [0.15, 0.2) is 29.7 Å². The highest BCUT2D eigenvalue weighted by Crippen LogP contribution is 2.13. The lowest BCUT2D eigenvalue weighted by atomic mass is 10.2. The van der Waals surface area contributed by atoms with Gasteiger partial charge < -0.3 is 5.11 Å². The number of H-pyrrole nitrogens is 1. The van der Waals surface area contributed by atoms with Gasteiger partial charge in [-0.3, -0.25) is 10.1 Å². The number of nitrogens with zero attached hydrogens (tertiary/aromatic N) is 2. The zero-order valence-electron chi connectivity index (χ0n) is 10.5. The van der Waals surface area contributed by atoms with E-state index < -0.39 is 26.6 Å². The third-order valence-corrected chi connectivity index (χ3v) is 4.08. The summed E-state index contributed by atoms with van der Waals surface area (Å²) in [6, 6.07) is 1.75. The monoisotopic (exact) mass is 296 g/mol. The Labute approximate surface area is 114 Å². The van der Waals surface area contributed by atoms with Gasteiger partial charge in [0.15, 0.2) is 5.03 Å². The average Bonchev–Trinajstić information content (AvgIpc) is 2.88. The van der Waals surface area contributed by atoms with Crippen LogP contribution >= 0.6 is 0 Å². The maximum atomic E-state index is 12.0. The molecule has 0 aliphatic rings. The summed E-state index contributed by atoms with van der Waals surface area (Å²) in [6.45, 7) is 1.84. The van der Waals surface area contributed by atoms with E-state index in [9.17, 15) is 13.2 Å². The number of aryl methyl sites for hydroxylation is 1. The molecule has 0 spiro atoms. The molecule has 9 heteroatoms. The predicted molar refractivity (Wildman–Crippen MR) is 68.5 cm³/mol. The van der Waals surface area contributed by atoms with Crippen molar-refractivity contribution in [3.63, 3.8) is 0 Å². The molecule has 3 N–H and O–H groups in total. The summed E-state index contributed by atoms with van der Waals surface area (Å²) in [5.74, 6) is -1.36. The number of hydrogen-bond acceptors (Lipinski definition) is 5. The maximum absolute atomic E-state index is 12.0. The molecule has 2 rings (SSSR count). The van der Waals surface area contributed by atoms with Crippen molar-refractivity contribution in [1.29, 1.82) is 0 Å². The molecule has 0 atom stereocenters. The number of sulfonamides is 1. The smallest absolute Gasteiger partial charge is 0.340 e. The van der Waals surface area contributed by atoms with Crippen LogP contribution in [0.3, 0.4) is 0 Å². The molecule has 0 saturated heterocycles. The van der Waals surface area contributed by atoms with E-state index in [4.69, 9.17) is 5.11 Å². The number of aromatic carboxylic acids is 1. The van der Waals surface area contributed by atoms with Crippen molar-refractivity contribution in [3.05, 3.63) is 41.3 Å². The van der Waals surface area contributed by atoms with E-state index in [1.54, 1.807) is 18.5 Å². The van der Waals surface area contributed by atoms with Crippen LogP contribution in [0.5, 0.6) is 0 Å². The first kappa shape index (κ1) is 14.2. The first-order valence-electron chi connectivity index (χ1n) is 5.57. The normalized spacial score (nSPS) is 11.4. The number of hydrogen-bond donors (Lipinski definition) is 3. The summed E-state index contributed by atoms with van der Waals surface area (Å²) in [4.78, 5) is 14.8. The third-order valence-electron chi connectivity index (χ3n) is 2.70. The van der Waals surface area contributed by atoms with Gasteiger partial charge in [0.2, 0.25) is 0 Å². The molecule has 0 amide bonds. The summed E-state index contributed by atoms with van der Waals surface area (Å²) >= 11 is 0. The molecule has 0 aliphatic heterocycles. The lowest BCUT2D eigenvalue weighted by Gasteiger charge is -2.07. The van der Waals surface area contributed by atoms with Gasteiger partial charge in [-0.2, -0.15) is 5.10 Å². The van der Waals surface area contributed by atoms with Crippen LogP contribution in [-0.4, -0.2) is 34.7 Å². The van der Waals surface area contributed by atoms with Crippen molar-refractivity contribution in [3.8, 4) is 0 Å². The molecule has 8 nitrogen and oxygen atoms in total. The third kappa shape index (κ3) is 2.83. The molecule has 0 aliphatic carbocycles. The second kappa shape index (κ2) is 5.39. The molecule has 0 bridgehead atoms. The standard InChI is InChI=1S/C11H12N4O4S/c1-7-2-3-12-4-8(7)5-14-20(18,19)10-9(11(16)17)6-13-15-10/h2-4,6,14H,5H2,1H3,(H,13,15)(H,16,17). The number of pyridine rings is 1. The number of aromatic amines is 1. The van der Waals surface area contributed by atoms with Gasteiger partial charge in [-0.15, -0.1) is 0 Å².